The van der Waals surface area contributed by atoms with Gasteiger partial charge in [-0.2, -0.15) is 0 Å². The van der Waals surface area contributed by atoms with Crippen molar-refractivity contribution < 1.29 is 0 Å². The van der Waals surface area contributed by atoms with Gasteiger partial charge in [0.1, 0.15) is 0 Å². The molecule has 0 atom stereocenters. The van der Waals surface area contributed by atoms with Crippen molar-refractivity contribution in [1.29, 1.82) is 0 Å². The van der Waals surface area contributed by atoms with E-state index in [1.807, 2.05) is 0 Å². The number of nitrogens with one attached hydrogen (secondary N) is 2. The van der Waals surface area contributed by atoms with Crippen molar-refractivity contribution in [3.8, 4) is 0 Å². The minimum absolute atomic E-state index is 0.724. The minimum atomic E-state index is 0.724. The second kappa shape index (κ2) is 8.05. The van der Waals surface area contributed by atoms with E-state index in [2.05, 4.69) is 92.9 Å². The van der Waals surface area contributed by atoms with Gasteiger partial charge in [0.15, 0.2) is 0 Å². The summed E-state index contributed by atoms with van der Waals surface area (Å²) >= 11 is 0. The Bertz CT molecular complexity index is 829. The standard InChI is InChI=1S/C23H27N3/c1-16-8-5-12-22(18(16)3)24-14-20-10-7-11-21(26-20)15-25-23-13-6-9-17(2)19(23)4/h5-13,24-25H,14-15H2,1-4H3. The quantitative estimate of drug-likeness (QED) is 0.616. The molecule has 1 heterocycles. The van der Waals surface area contributed by atoms with Crippen molar-refractivity contribution in [2.24, 2.45) is 0 Å². The molecule has 0 aliphatic carbocycles. The van der Waals surface area contributed by atoms with Gasteiger partial charge >= 0.3 is 0 Å². The lowest BCUT2D eigenvalue weighted by molar-refractivity contribution is 0.963. The third-order valence-electron chi connectivity index (χ3n) is 4.99. The van der Waals surface area contributed by atoms with Crippen LogP contribution in [0.5, 0.6) is 0 Å². The fourth-order valence-electron chi connectivity index (χ4n) is 2.98. The van der Waals surface area contributed by atoms with Crippen LogP contribution in [-0.4, -0.2) is 4.98 Å². The first-order chi connectivity index (χ1) is 12.5. The Morgan fingerprint density at radius 1 is 0.615 bits per heavy atom. The van der Waals surface area contributed by atoms with E-state index < -0.39 is 0 Å². The number of aryl methyl sites for hydroxylation is 2. The molecule has 3 nitrogen and oxygen atoms in total. The van der Waals surface area contributed by atoms with Gasteiger partial charge in [0.25, 0.3) is 0 Å². The number of rotatable bonds is 6. The molecule has 0 amide bonds. The molecule has 26 heavy (non-hydrogen) atoms. The van der Waals surface area contributed by atoms with E-state index in [1.54, 1.807) is 0 Å². The van der Waals surface area contributed by atoms with E-state index in [4.69, 9.17) is 4.98 Å². The Morgan fingerprint density at radius 2 is 1.04 bits per heavy atom. The van der Waals surface area contributed by atoms with Crippen LogP contribution in [0.15, 0.2) is 54.6 Å². The minimum Gasteiger partial charge on any atom is -0.379 e. The molecule has 0 fully saturated rings. The molecule has 0 unspecified atom stereocenters. The van der Waals surface area contributed by atoms with Gasteiger partial charge in [0.05, 0.1) is 24.5 Å². The largest absolute Gasteiger partial charge is 0.379 e. The number of nitrogens with zero attached hydrogens (tertiary/aromatic N) is 1. The van der Waals surface area contributed by atoms with Gasteiger partial charge in [0, 0.05) is 11.4 Å². The summed E-state index contributed by atoms with van der Waals surface area (Å²) < 4.78 is 0. The molecule has 0 aliphatic heterocycles. The number of pyridine rings is 1. The Labute approximate surface area is 156 Å². The van der Waals surface area contributed by atoms with Crippen LogP contribution in [0.25, 0.3) is 0 Å². The molecule has 1 aromatic heterocycles. The molecule has 3 aromatic rings. The molecule has 2 aromatic carbocycles. The van der Waals surface area contributed by atoms with Crippen LogP contribution < -0.4 is 10.6 Å². The summed E-state index contributed by atoms with van der Waals surface area (Å²) in [6, 6.07) is 18.9. The lowest BCUT2D eigenvalue weighted by Crippen LogP contribution is -2.07. The SMILES string of the molecule is Cc1cccc(NCc2cccc(CNc3cccc(C)c3C)n2)c1C. The normalized spacial score (nSPS) is 10.6. The van der Waals surface area contributed by atoms with Crippen LogP contribution in [0.2, 0.25) is 0 Å². The monoisotopic (exact) mass is 345 g/mol. The number of anilines is 2. The molecule has 0 radical (unpaired) electrons. The lowest BCUT2D eigenvalue weighted by Gasteiger charge is -2.13. The number of aromatic nitrogens is 1. The van der Waals surface area contributed by atoms with E-state index in [1.165, 1.54) is 33.6 Å². The molecule has 0 spiro atoms. The molecule has 3 rings (SSSR count). The van der Waals surface area contributed by atoms with Gasteiger partial charge in [0.2, 0.25) is 0 Å². The second-order valence-corrected chi connectivity index (χ2v) is 6.82. The first-order valence-electron chi connectivity index (χ1n) is 9.09. The van der Waals surface area contributed by atoms with Crippen molar-refractivity contribution >= 4 is 11.4 Å². The average molecular weight is 345 g/mol. The van der Waals surface area contributed by atoms with Crippen LogP contribution in [0.1, 0.15) is 33.6 Å². The van der Waals surface area contributed by atoms with Gasteiger partial charge in [-0.05, 0) is 74.2 Å². The predicted octanol–water partition coefficient (Wildman–Crippen LogP) is 5.54. The van der Waals surface area contributed by atoms with Crippen LogP contribution in [0, 0.1) is 27.7 Å². The maximum absolute atomic E-state index is 4.78. The Balaban J connectivity index is 1.64. The zero-order valence-electron chi connectivity index (χ0n) is 16.1. The van der Waals surface area contributed by atoms with Gasteiger partial charge in [-0.25, -0.2) is 0 Å². The van der Waals surface area contributed by atoms with Crippen molar-refractivity contribution in [2.45, 2.75) is 40.8 Å². The highest BCUT2D eigenvalue weighted by Crippen LogP contribution is 2.20. The summed E-state index contributed by atoms with van der Waals surface area (Å²) in [5.41, 5.74) is 9.62. The van der Waals surface area contributed by atoms with Gasteiger partial charge in [-0.3, -0.25) is 4.98 Å². The maximum atomic E-state index is 4.78. The van der Waals surface area contributed by atoms with E-state index in [9.17, 15) is 0 Å². The average Bonchev–Trinajstić information content (AvgIpc) is 2.64. The fraction of sp³-hybridized carbons (Fsp3) is 0.261. The Hall–Kier alpha value is -2.81. The van der Waals surface area contributed by atoms with Crippen LogP contribution in [0.4, 0.5) is 11.4 Å². The van der Waals surface area contributed by atoms with Crippen molar-refractivity contribution in [2.75, 3.05) is 10.6 Å². The molecule has 0 saturated carbocycles. The van der Waals surface area contributed by atoms with Gasteiger partial charge in [-0.1, -0.05) is 30.3 Å². The molecule has 2 N–H and O–H groups in total. The molecule has 0 saturated heterocycles. The van der Waals surface area contributed by atoms with Crippen LogP contribution >= 0.6 is 0 Å². The number of hydrogen-bond donors (Lipinski definition) is 2. The number of hydrogen-bond acceptors (Lipinski definition) is 3. The maximum Gasteiger partial charge on any atom is 0.0598 e. The highest BCUT2D eigenvalue weighted by atomic mass is 14.9. The second-order valence-electron chi connectivity index (χ2n) is 6.82. The highest BCUT2D eigenvalue weighted by molar-refractivity contribution is 5.54. The van der Waals surface area contributed by atoms with Crippen molar-refractivity contribution in [3.63, 3.8) is 0 Å². The van der Waals surface area contributed by atoms with Crippen LogP contribution in [0.3, 0.4) is 0 Å². The first-order valence-corrected chi connectivity index (χ1v) is 9.09. The lowest BCUT2D eigenvalue weighted by atomic mass is 10.1. The number of benzene rings is 2. The summed E-state index contributed by atoms with van der Waals surface area (Å²) in [6.07, 6.45) is 0. The molecular weight excluding hydrogens is 318 g/mol. The summed E-state index contributed by atoms with van der Waals surface area (Å²) in [7, 11) is 0. The summed E-state index contributed by atoms with van der Waals surface area (Å²) in [6.45, 7) is 10.0. The van der Waals surface area contributed by atoms with Gasteiger partial charge < -0.3 is 10.6 Å². The fourth-order valence-corrected chi connectivity index (χ4v) is 2.98. The summed E-state index contributed by atoms with van der Waals surface area (Å²) in [5.74, 6) is 0. The predicted molar refractivity (Wildman–Crippen MR) is 111 cm³/mol. The smallest absolute Gasteiger partial charge is 0.0598 e. The summed E-state index contributed by atoms with van der Waals surface area (Å²) in [5, 5.41) is 7.01. The third kappa shape index (κ3) is 4.23. The Kier molecular flexibility index (Phi) is 5.57. The van der Waals surface area contributed by atoms with E-state index in [0.717, 1.165) is 24.5 Å². The zero-order chi connectivity index (χ0) is 18.5. The molecule has 134 valence electrons. The van der Waals surface area contributed by atoms with E-state index in [0.29, 0.717) is 0 Å². The van der Waals surface area contributed by atoms with E-state index in [-0.39, 0.29) is 0 Å². The van der Waals surface area contributed by atoms with Gasteiger partial charge in [-0.15, -0.1) is 0 Å². The Morgan fingerprint density at radius 3 is 1.50 bits per heavy atom. The summed E-state index contributed by atoms with van der Waals surface area (Å²) in [4.78, 5) is 4.78. The molecule has 0 aliphatic rings. The first kappa shape index (κ1) is 18.0. The zero-order valence-corrected chi connectivity index (χ0v) is 16.1. The topological polar surface area (TPSA) is 37.0 Å². The third-order valence-corrected chi connectivity index (χ3v) is 4.99. The highest BCUT2D eigenvalue weighted by Gasteiger charge is 2.04. The molecular formula is C23H27N3. The molecule has 0 bridgehead atoms. The van der Waals surface area contributed by atoms with E-state index >= 15 is 0 Å². The van der Waals surface area contributed by atoms with Crippen molar-refractivity contribution in [1.82, 2.24) is 4.98 Å². The molecule has 3 heteroatoms. The van der Waals surface area contributed by atoms with Crippen molar-refractivity contribution in [3.05, 3.63) is 88.2 Å². The van der Waals surface area contributed by atoms with Crippen LogP contribution in [-0.2, 0) is 13.1 Å².